The number of pyridine rings is 1. The number of benzene rings is 1. The molecular formula is C10H10N2O. The molecule has 3 heteroatoms. The highest BCUT2D eigenvalue weighted by Crippen LogP contribution is 2.12. The van der Waals surface area contributed by atoms with Crippen LogP contribution >= 0.6 is 0 Å². The van der Waals surface area contributed by atoms with E-state index in [0.29, 0.717) is 11.9 Å². The van der Waals surface area contributed by atoms with Gasteiger partial charge in [0, 0.05) is 18.1 Å². The molecule has 1 aromatic carbocycles. The van der Waals surface area contributed by atoms with Gasteiger partial charge in [0.1, 0.15) is 0 Å². The molecule has 0 fully saturated rings. The van der Waals surface area contributed by atoms with E-state index in [2.05, 4.69) is 4.98 Å². The van der Waals surface area contributed by atoms with Crippen molar-refractivity contribution in [2.75, 3.05) is 0 Å². The van der Waals surface area contributed by atoms with Gasteiger partial charge in [0.15, 0.2) is 0 Å². The summed E-state index contributed by atoms with van der Waals surface area (Å²) in [5.41, 5.74) is 6.45. The van der Waals surface area contributed by atoms with E-state index in [9.17, 15) is 4.79 Å². The van der Waals surface area contributed by atoms with Crippen molar-refractivity contribution < 1.29 is 0 Å². The quantitative estimate of drug-likeness (QED) is 0.677. The van der Waals surface area contributed by atoms with Crippen molar-refractivity contribution in [3.05, 3.63) is 46.4 Å². The van der Waals surface area contributed by atoms with E-state index in [1.807, 2.05) is 18.2 Å². The molecule has 0 saturated carbocycles. The van der Waals surface area contributed by atoms with Crippen LogP contribution in [0.3, 0.4) is 0 Å². The van der Waals surface area contributed by atoms with Crippen LogP contribution in [0.2, 0.25) is 0 Å². The Labute approximate surface area is 75.2 Å². The summed E-state index contributed by atoms with van der Waals surface area (Å²) in [4.78, 5) is 14.0. The number of rotatable bonds is 1. The highest BCUT2D eigenvalue weighted by atomic mass is 16.1. The molecule has 0 saturated heterocycles. The molecule has 0 aliphatic rings. The van der Waals surface area contributed by atoms with E-state index in [-0.39, 0.29) is 5.56 Å². The van der Waals surface area contributed by atoms with Crippen molar-refractivity contribution in [2.24, 2.45) is 5.73 Å². The normalized spacial score (nSPS) is 10.5. The maximum Gasteiger partial charge on any atom is 0.255 e. The molecule has 0 bridgehead atoms. The molecule has 2 rings (SSSR count). The summed E-state index contributed by atoms with van der Waals surface area (Å²) in [7, 11) is 0. The minimum atomic E-state index is -0.0622. The van der Waals surface area contributed by atoms with E-state index in [4.69, 9.17) is 5.73 Å². The van der Waals surface area contributed by atoms with Gasteiger partial charge in [0.25, 0.3) is 5.56 Å². The largest absolute Gasteiger partial charge is 0.328 e. The van der Waals surface area contributed by atoms with E-state index in [1.54, 1.807) is 12.3 Å². The first kappa shape index (κ1) is 8.01. The monoisotopic (exact) mass is 174 g/mol. The number of aromatic nitrogens is 1. The Kier molecular flexibility index (Phi) is 1.87. The van der Waals surface area contributed by atoms with Gasteiger partial charge in [-0.05, 0) is 17.0 Å². The van der Waals surface area contributed by atoms with Crippen LogP contribution in [-0.2, 0) is 6.54 Å². The van der Waals surface area contributed by atoms with E-state index in [1.165, 1.54) is 0 Å². The number of nitrogens with one attached hydrogen (secondary N) is 1. The number of hydrogen-bond acceptors (Lipinski definition) is 2. The molecule has 0 amide bonds. The maximum absolute atomic E-state index is 11.4. The lowest BCUT2D eigenvalue weighted by Crippen LogP contribution is -2.08. The number of hydrogen-bond donors (Lipinski definition) is 2. The Balaban J connectivity index is 2.93. The molecular weight excluding hydrogens is 164 g/mol. The number of nitrogens with two attached hydrogens (primary N) is 1. The number of aromatic amines is 1. The fourth-order valence-electron chi connectivity index (χ4n) is 1.44. The van der Waals surface area contributed by atoms with Crippen LogP contribution < -0.4 is 11.3 Å². The summed E-state index contributed by atoms with van der Waals surface area (Å²) >= 11 is 0. The predicted octanol–water partition coefficient (Wildman–Crippen LogP) is 0.987. The van der Waals surface area contributed by atoms with Gasteiger partial charge in [0.05, 0.1) is 0 Å². The highest BCUT2D eigenvalue weighted by Gasteiger charge is 2.00. The Morgan fingerprint density at radius 3 is 2.62 bits per heavy atom. The van der Waals surface area contributed by atoms with Crippen LogP contribution in [0, 0.1) is 0 Å². The molecule has 3 N–H and O–H groups in total. The number of H-pyrrole nitrogens is 1. The summed E-state index contributed by atoms with van der Waals surface area (Å²) in [5.74, 6) is 0. The maximum atomic E-state index is 11.4. The van der Waals surface area contributed by atoms with Gasteiger partial charge < -0.3 is 10.7 Å². The van der Waals surface area contributed by atoms with Crippen LogP contribution in [-0.4, -0.2) is 4.98 Å². The van der Waals surface area contributed by atoms with Crippen LogP contribution in [0.5, 0.6) is 0 Å². The second-order valence-corrected chi connectivity index (χ2v) is 2.89. The third kappa shape index (κ3) is 1.23. The number of fused-ring (bicyclic) bond motifs is 1. The van der Waals surface area contributed by atoms with Crippen LogP contribution in [0.4, 0.5) is 0 Å². The first-order valence-corrected chi connectivity index (χ1v) is 4.12. The molecule has 0 radical (unpaired) electrons. The molecule has 0 atom stereocenters. The van der Waals surface area contributed by atoms with Gasteiger partial charge in [-0.3, -0.25) is 4.79 Å². The van der Waals surface area contributed by atoms with Crippen LogP contribution in [0.1, 0.15) is 5.56 Å². The van der Waals surface area contributed by atoms with Crippen molar-refractivity contribution in [1.29, 1.82) is 0 Å². The Bertz CT molecular complexity index is 487. The molecule has 66 valence electrons. The molecule has 0 unspecified atom stereocenters. The molecule has 1 aromatic heterocycles. The molecule has 1 heterocycles. The summed E-state index contributed by atoms with van der Waals surface area (Å²) in [6, 6.07) is 7.46. The third-order valence-electron chi connectivity index (χ3n) is 2.12. The molecule has 3 nitrogen and oxygen atoms in total. The smallest absolute Gasteiger partial charge is 0.255 e. The van der Waals surface area contributed by atoms with Crippen molar-refractivity contribution in [2.45, 2.75) is 6.54 Å². The zero-order valence-electron chi connectivity index (χ0n) is 7.08. The second kappa shape index (κ2) is 3.03. The van der Waals surface area contributed by atoms with Crippen molar-refractivity contribution >= 4 is 10.8 Å². The SMILES string of the molecule is NCc1c[nH]c(=O)c2ccccc12. The first-order chi connectivity index (χ1) is 6.33. The summed E-state index contributed by atoms with van der Waals surface area (Å²) < 4.78 is 0. The van der Waals surface area contributed by atoms with Gasteiger partial charge in [-0.25, -0.2) is 0 Å². The average molecular weight is 174 g/mol. The zero-order valence-corrected chi connectivity index (χ0v) is 7.08. The second-order valence-electron chi connectivity index (χ2n) is 2.89. The van der Waals surface area contributed by atoms with E-state index in [0.717, 1.165) is 10.9 Å². The highest BCUT2D eigenvalue weighted by molar-refractivity contribution is 5.84. The lowest BCUT2D eigenvalue weighted by molar-refractivity contribution is 1.06. The van der Waals surface area contributed by atoms with E-state index < -0.39 is 0 Å². The predicted molar refractivity (Wildman–Crippen MR) is 52.5 cm³/mol. The standard InChI is InChI=1S/C10H10N2O/c11-5-7-6-12-10(13)9-4-2-1-3-8(7)9/h1-4,6H,5,11H2,(H,12,13). The zero-order chi connectivity index (χ0) is 9.26. The van der Waals surface area contributed by atoms with Gasteiger partial charge in [0.2, 0.25) is 0 Å². The molecule has 0 aliphatic heterocycles. The van der Waals surface area contributed by atoms with Crippen molar-refractivity contribution in [3.8, 4) is 0 Å². The molecule has 0 spiro atoms. The molecule has 0 aliphatic carbocycles. The van der Waals surface area contributed by atoms with Gasteiger partial charge in [-0.2, -0.15) is 0 Å². The third-order valence-corrected chi connectivity index (χ3v) is 2.12. The van der Waals surface area contributed by atoms with Crippen molar-refractivity contribution in [1.82, 2.24) is 4.98 Å². The van der Waals surface area contributed by atoms with Gasteiger partial charge in [-0.1, -0.05) is 18.2 Å². The summed E-state index contributed by atoms with van der Waals surface area (Å²) in [6.07, 6.45) is 1.67. The van der Waals surface area contributed by atoms with Crippen molar-refractivity contribution in [3.63, 3.8) is 0 Å². The van der Waals surface area contributed by atoms with E-state index >= 15 is 0 Å². The first-order valence-electron chi connectivity index (χ1n) is 4.12. The summed E-state index contributed by atoms with van der Waals surface area (Å²) in [6.45, 7) is 0.442. The minimum Gasteiger partial charge on any atom is -0.328 e. The topological polar surface area (TPSA) is 58.9 Å². The lowest BCUT2D eigenvalue weighted by atomic mass is 10.1. The molecule has 2 aromatic rings. The summed E-state index contributed by atoms with van der Waals surface area (Å²) in [5, 5.41) is 1.64. The van der Waals surface area contributed by atoms with Crippen LogP contribution in [0.15, 0.2) is 35.3 Å². The van der Waals surface area contributed by atoms with Gasteiger partial charge >= 0.3 is 0 Å². The molecule has 13 heavy (non-hydrogen) atoms. The fraction of sp³-hybridized carbons (Fsp3) is 0.100. The minimum absolute atomic E-state index is 0.0622. The Hall–Kier alpha value is -1.61. The van der Waals surface area contributed by atoms with Crippen LogP contribution in [0.25, 0.3) is 10.8 Å². The fourth-order valence-corrected chi connectivity index (χ4v) is 1.44. The van der Waals surface area contributed by atoms with Gasteiger partial charge in [-0.15, -0.1) is 0 Å². The average Bonchev–Trinajstić information content (AvgIpc) is 2.19. The lowest BCUT2D eigenvalue weighted by Gasteiger charge is -2.01. The Morgan fingerprint density at radius 1 is 1.23 bits per heavy atom. The Morgan fingerprint density at radius 2 is 1.92 bits per heavy atom.